The Morgan fingerprint density at radius 1 is 1.27 bits per heavy atom. The summed E-state index contributed by atoms with van der Waals surface area (Å²) in [6.45, 7) is 5.25. The van der Waals surface area contributed by atoms with E-state index >= 15 is 0 Å². The fourth-order valence-corrected chi connectivity index (χ4v) is 4.46. The molecule has 0 radical (unpaired) electrons. The number of hydrogen-bond donors (Lipinski definition) is 0. The highest BCUT2D eigenvalue weighted by Gasteiger charge is 2.44. The van der Waals surface area contributed by atoms with Crippen molar-refractivity contribution in [3.8, 4) is 0 Å². The maximum Gasteiger partial charge on any atom is 0.315 e. The zero-order valence-electron chi connectivity index (χ0n) is 17.0. The summed E-state index contributed by atoms with van der Waals surface area (Å²) in [6.07, 6.45) is 2.70. The van der Waals surface area contributed by atoms with E-state index in [1.54, 1.807) is 32.9 Å². The van der Waals surface area contributed by atoms with Gasteiger partial charge in [-0.05, 0) is 51.8 Å². The van der Waals surface area contributed by atoms with Crippen LogP contribution >= 0.6 is 11.6 Å². The molecule has 0 N–H and O–H groups in total. The second-order valence-corrected chi connectivity index (χ2v) is 8.43. The van der Waals surface area contributed by atoms with Gasteiger partial charge in [-0.3, -0.25) is 19.4 Å². The summed E-state index contributed by atoms with van der Waals surface area (Å²) in [5.74, 6) is -2.26. The third-order valence-electron chi connectivity index (χ3n) is 5.54. The first-order valence-electron chi connectivity index (χ1n) is 10.0. The molecule has 2 atom stereocenters. The molecule has 1 aliphatic carbocycles. The molecule has 1 aromatic carbocycles. The summed E-state index contributed by atoms with van der Waals surface area (Å²) in [6, 6.07) is 4.80. The van der Waals surface area contributed by atoms with Gasteiger partial charge in [0, 0.05) is 39.9 Å². The van der Waals surface area contributed by atoms with Crippen LogP contribution in [0.5, 0.6) is 0 Å². The van der Waals surface area contributed by atoms with Crippen LogP contribution < -0.4 is 5.43 Å². The van der Waals surface area contributed by atoms with Gasteiger partial charge in [-0.1, -0.05) is 11.6 Å². The van der Waals surface area contributed by atoms with E-state index in [-0.39, 0.29) is 22.9 Å². The van der Waals surface area contributed by atoms with Crippen molar-refractivity contribution in [2.24, 2.45) is 10.9 Å². The maximum atomic E-state index is 13.4. The van der Waals surface area contributed by atoms with E-state index in [0.717, 1.165) is 0 Å². The van der Waals surface area contributed by atoms with Crippen molar-refractivity contribution in [1.29, 1.82) is 0 Å². The minimum absolute atomic E-state index is 0.0922. The van der Waals surface area contributed by atoms with E-state index in [4.69, 9.17) is 20.8 Å². The highest BCUT2D eigenvalue weighted by molar-refractivity contribution is 6.31. The van der Waals surface area contributed by atoms with Crippen LogP contribution in [-0.2, 0) is 14.3 Å². The van der Waals surface area contributed by atoms with Gasteiger partial charge in [0.15, 0.2) is 11.2 Å². The SMILES string of the molecule is CC1=NC2=C(C(=O)CCC2)[C@@H](c2coc3ccc(Cl)cc3c2=O)C1C(=O)OC(C)C. The number of allylic oxidation sites excluding steroid dienone is 2. The highest BCUT2D eigenvalue weighted by atomic mass is 35.5. The van der Waals surface area contributed by atoms with Gasteiger partial charge in [-0.25, -0.2) is 0 Å². The lowest BCUT2D eigenvalue weighted by atomic mass is 9.72. The Bertz CT molecular complexity index is 1170. The van der Waals surface area contributed by atoms with Crippen molar-refractivity contribution in [3.63, 3.8) is 0 Å². The Labute approximate surface area is 178 Å². The minimum Gasteiger partial charge on any atom is -0.464 e. The Morgan fingerprint density at radius 3 is 2.77 bits per heavy atom. The van der Waals surface area contributed by atoms with Crippen LogP contribution in [0.25, 0.3) is 11.0 Å². The first kappa shape index (κ1) is 20.5. The molecule has 30 heavy (non-hydrogen) atoms. The molecule has 1 aliphatic heterocycles. The third-order valence-corrected chi connectivity index (χ3v) is 5.77. The van der Waals surface area contributed by atoms with Gasteiger partial charge >= 0.3 is 5.97 Å². The normalized spacial score (nSPS) is 21.6. The van der Waals surface area contributed by atoms with Gasteiger partial charge in [-0.15, -0.1) is 0 Å². The quantitative estimate of drug-likeness (QED) is 0.669. The number of halogens is 1. The number of hydrogen-bond acceptors (Lipinski definition) is 6. The fourth-order valence-electron chi connectivity index (χ4n) is 4.29. The molecule has 1 aromatic heterocycles. The van der Waals surface area contributed by atoms with Gasteiger partial charge in [0.25, 0.3) is 0 Å². The first-order chi connectivity index (χ1) is 14.3. The molecule has 2 aliphatic rings. The molecule has 4 rings (SSSR count). The lowest BCUT2D eigenvalue weighted by Crippen LogP contribution is -2.39. The summed E-state index contributed by atoms with van der Waals surface area (Å²) in [4.78, 5) is 43.9. The molecule has 0 bridgehead atoms. The standard InChI is InChI=1S/C23H22ClNO5/c1-11(2)30-23(28)19-12(3)25-16-5-4-6-17(26)21(16)20(19)15-10-29-18-8-7-13(24)9-14(18)22(15)27/h7-11,19-20H,4-6H2,1-3H3/t19?,20-/m0/s1. The maximum absolute atomic E-state index is 13.4. The molecule has 0 saturated carbocycles. The van der Waals surface area contributed by atoms with Gasteiger partial charge in [0.1, 0.15) is 11.5 Å². The van der Waals surface area contributed by atoms with E-state index < -0.39 is 17.8 Å². The summed E-state index contributed by atoms with van der Waals surface area (Å²) in [7, 11) is 0. The number of ether oxygens (including phenoxy) is 1. The van der Waals surface area contributed by atoms with E-state index in [9.17, 15) is 14.4 Å². The third kappa shape index (κ3) is 3.49. The molecule has 2 heterocycles. The van der Waals surface area contributed by atoms with Crippen LogP contribution in [-0.4, -0.2) is 23.6 Å². The molecule has 0 saturated heterocycles. The van der Waals surface area contributed by atoms with Crippen LogP contribution in [0.4, 0.5) is 0 Å². The van der Waals surface area contributed by atoms with Crippen LogP contribution in [0.2, 0.25) is 5.02 Å². The average molecular weight is 428 g/mol. The van der Waals surface area contributed by atoms with Gasteiger partial charge in [0.05, 0.1) is 17.8 Å². The number of ketones is 1. The second kappa shape index (κ2) is 7.84. The van der Waals surface area contributed by atoms with Gasteiger partial charge in [-0.2, -0.15) is 0 Å². The molecule has 1 unspecified atom stereocenters. The zero-order chi connectivity index (χ0) is 21.6. The molecular weight excluding hydrogens is 406 g/mol. The predicted molar refractivity (Wildman–Crippen MR) is 114 cm³/mol. The summed E-state index contributed by atoms with van der Waals surface area (Å²) >= 11 is 6.08. The van der Waals surface area contributed by atoms with E-state index in [0.29, 0.717) is 52.2 Å². The Balaban J connectivity index is 1.96. The number of Topliss-reactive ketones (excluding diaryl/α,β-unsaturated/α-hetero) is 1. The Morgan fingerprint density at radius 2 is 2.03 bits per heavy atom. The minimum atomic E-state index is -0.868. The lowest BCUT2D eigenvalue weighted by molar-refractivity contribution is -0.150. The van der Waals surface area contributed by atoms with Crippen molar-refractivity contribution < 1.29 is 18.7 Å². The Hall–Kier alpha value is -2.73. The molecule has 0 fully saturated rings. The number of esters is 1. The van der Waals surface area contributed by atoms with Crippen LogP contribution in [0.1, 0.15) is 51.5 Å². The molecule has 0 spiro atoms. The number of fused-ring (bicyclic) bond motifs is 1. The highest BCUT2D eigenvalue weighted by Crippen LogP contribution is 2.43. The molecule has 0 amide bonds. The monoisotopic (exact) mass is 427 g/mol. The van der Waals surface area contributed by atoms with Crippen molar-refractivity contribution in [3.05, 3.63) is 56.5 Å². The summed E-state index contributed by atoms with van der Waals surface area (Å²) in [5.41, 5.74) is 1.92. The van der Waals surface area contributed by atoms with E-state index in [2.05, 4.69) is 4.99 Å². The van der Waals surface area contributed by atoms with Crippen LogP contribution in [0.15, 0.2) is 49.9 Å². The van der Waals surface area contributed by atoms with Gasteiger partial charge < -0.3 is 9.15 Å². The summed E-state index contributed by atoms with van der Waals surface area (Å²) < 4.78 is 11.2. The van der Waals surface area contributed by atoms with Crippen LogP contribution in [0, 0.1) is 5.92 Å². The second-order valence-electron chi connectivity index (χ2n) is 7.99. The van der Waals surface area contributed by atoms with Crippen molar-refractivity contribution in [1.82, 2.24) is 0 Å². The smallest absolute Gasteiger partial charge is 0.315 e. The number of benzene rings is 1. The largest absolute Gasteiger partial charge is 0.464 e. The molecular formula is C23H22ClNO5. The topological polar surface area (TPSA) is 85.9 Å². The first-order valence-corrected chi connectivity index (χ1v) is 10.4. The number of carbonyl (C=O) groups is 2. The molecule has 7 heteroatoms. The van der Waals surface area contributed by atoms with Gasteiger partial charge in [0.2, 0.25) is 0 Å². The molecule has 156 valence electrons. The number of carbonyl (C=O) groups excluding carboxylic acids is 2. The number of nitrogens with zero attached hydrogens (tertiary/aromatic N) is 1. The summed E-state index contributed by atoms with van der Waals surface area (Å²) in [5, 5.41) is 0.708. The van der Waals surface area contributed by atoms with Crippen molar-refractivity contribution in [2.75, 3.05) is 0 Å². The zero-order valence-corrected chi connectivity index (χ0v) is 17.8. The lowest BCUT2D eigenvalue weighted by Gasteiger charge is -2.34. The number of aliphatic imine (C=N–C) groups is 1. The molecule has 2 aromatic rings. The fraction of sp³-hybridized carbons (Fsp3) is 0.391. The average Bonchev–Trinajstić information content (AvgIpc) is 2.67. The van der Waals surface area contributed by atoms with E-state index in [1.807, 2.05) is 0 Å². The van der Waals surface area contributed by atoms with E-state index in [1.165, 1.54) is 12.3 Å². The van der Waals surface area contributed by atoms with Crippen molar-refractivity contribution in [2.45, 2.75) is 52.1 Å². The predicted octanol–water partition coefficient (Wildman–Crippen LogP) is 4.58. The Kier molecular flexibility index (Phi) is 5.36. The molecule has 6 nitrogen and oxygen atoms in total. The van der Waals surface area contributed by atoms with Crippen molar-refractivity contribution >= 4 is 40.0 Å². The van der Waals surface area contributed by atoms with Crippen LogP contribution in [0.3, 0.4) is 0 Å². The number of rotatable bonds is 3.